The zero-order valence-electron chi connectivity index (χ0n) is 11.2. The summed E-state index contributed by atoms with van der Waals surface area (Å²) in [6, 6.07) is 1.80. The molecule has 0 fully saturated rings. The highest BCUT2D eigenvalue weighted by molar-refractivity contribution is 6.39. The normalized spacial score (nSPS) is 12.1. The summed E-state index contributed by atoms with van der Waals surface area (Å²) >= 11 is 11.9. The quantitative estimate of drug-likeness (QED) is 0.644. The molecule has 6 nitrogen and oxygen atoms in total. The molecule has 1 atom stereocenters. The minimum absolute atomic E-state index is 0.00885. The smallest absolute Gasteiger partial charge is 0.272 e. The van der Waals surface area contributed by atoms with Gasteiger partial charge in [-0.3, -0.25) is 14.9 Å². The van der Waals surface area contributed by atoms with Crippen LogP contribution in [0.2, 0.25) is 10.0 Å². The molecule has 110 valence electrons. The van der Waals surface area contributed by atoms with Crippen LogP contribution in [0, 0.1) is 10.1 Å². The van der Waals surface area contributed by atoms with Crippen molar-refractivity contribution < 1.29 is 9.72 Å². The van der Waals surface area contributed by atoms with Gasteiger partial charge in [-0.1, -0.05) is 23.2 Å². The summed E-state index contributed by atoms with van der Waals surface area (Å²) in [5.74, 6) is -0.217. The molecule has 1 amide bonds. The van der Waals surface area contributed by atoms with Crippen LogP contribution in [0.15, 0.2) is 12.1 Å². The van der Waals surface area contributed by atoms with E-state index in [9.17, 15) is 14.9 Å². The molecule has 0 bridgehead atoms. The van der Waals surface area contributed by atoms with Crippen LogP contribution in [0.3, 0.4) is 0 Å². The van der Waals surface area contributed by atoms with Gasteiger partial charge in [-0.05, 0) is 20.8 Å². The standard InChI is InChI=1S/C12H15Cl2N3O3/c1-6(2)15-12(18)7(3)16-11-9(13)4-8(17(19)20)5-10(11)14/h4-7,16H,1-3H3,(H,15,18). The van der Waals surface area contributed by atoms with Crippen molar-refractivity contribution in [2.24, 2.45) is 0 Å². The lowest BCUT2D eigenvalue weighted by molar-refractivity contribution is -0.384. The van der Waals surface area contributed by atoms with Gasteiger partial charge in [0.05, 0.1) is 20.7 Å². The van der Waals surface area contributed by atoms with E-state index >= 15 is 0 Å². The lowest BCUT2D eigenvalue weighted by Gasteiger charge is -2.18. The number of rotatable bonds is 5. The van der Waals surface area contributed by atoms with E-state index < -0.39 is 11.0 Å². The number of nitro groups is 1. The first-order chi connectivity index (χ1) is 9.22. The van der Waals surface area contributed by atoms with Gasteiger partial charge in [-0.25, -0.2) is 0 Å². The maximum Gasteiger partial charge on any atom is 0.272 e. The van der Waals surface area contributed by atoms with E-state index in [0.29, 0.717) is 5.69 Å². The summed E-state index contributed by atoms with van der Waals surface area (Å²) in [6.07, 6.45) is 0. The molecule has 1 unspecified atom stereocenters. The number of hydrogen-bond acceptors (Lipinski definition) is 4. The van der Waals surface area contributed by atoms with Crippen molar-refractivity contribution in [1.82, 2.24) is 5.32 Å². The third-order valence-corrected chi connectivity index (χ3v) is 3.02. The average Bonchev–Trinajstić information content (AvgIpc) is 2.32. The zero-order valence-corrected chi connectivity index (χ0v) is 12.7. The van der Waals surface area contributed by atoms with E-state index in [1.807, 2.05) is 13.8 Å². The van der Waals surface area contributed by atoms with Crippen molar-refractivity contribution in [1.29, 1.82) is 0 Å². The Bertz CT molecular complexity index is 512. The summed E-state index contributed by atoms with van der Waals surface area (Å²) in [5, 5.41) is 16.4. The molecule has 0 saturated carbocycles. The highest BCUT2D eigenvalue weighted by Crippen LogP contribution is 2.35. The highest BCUT2D eigenvalue weighted by atomic mass is 35.5. The average molecular weight is 320 g/mol. The van der Waals surface area contributed by atoms with Gasteiger partial charge in [0.1, 0.15) is 6.04 Å². The Kier molecular flexibility index (Phi) is 5.59. The van der Waals surface area contributed by atoms with E-state index in [-0.39, 0.29) is 27.7 Å². The van der Waals surface area contributed by atoms with Crippen LogP contribution in [-0.2, 0) is 4.79 Å². The molecule has 2 N–H and O–H groups in total. The summed E-state index contributed by atoms with van der Waals surface area (Å²) in [4.78, 5) is 21.9. The fourth-order valence-electron chi connectivity index (χ4n) is 1.49. The first-order valence-electron chi connectivity index (χ1n) is 5.92. The molecule has 0 heterocycles. The van der Waals surface area contributed by atoms with Gasteiger partial charge in [-0.15, -0.1) is 0 Å². The van der Waals surface area contributed by atoms with Crippen LogP contribution in [0.5, 0.6) is 0 Å². The Morgan fingerprint density at radius 3 is 2.15 bits per heavy atom. The first-order valence-corrected chi connectivity index (χ1v) is 6.68. The van der Waals surface area contributed by atoms with E-state index in [1.165, 1.54) is 12.1 Å². The van der Waals surface area contributed by atoms with Crippen molar-refractivity contribution in [2.75, 3.05) is 5.32 Å². The topological polar surface area (TPSA) is 84.3 Å². The molecule has 0 aliphatic carbocycles. The number of nitrogens with one attached hydrogen (secondary N) is 2. The number of amides is 1. The maximum atomic E-state index is 11.8. The van der Waals surface area contributed by atoms with Gasteiger partial charge in [0, 0.05) is 18.2 Å². The zero-order chi connectivity index (χ0) is 15.4. The second-order valence-electron chi connectivity index (χ2n) is 4.57. The lowest BCUT2D eigenvalue weighted by Crippen LogP contribution is -2.41. The number of benzene rings is 1. The molecule has 1 aromatic rings. The van der Waals surface area contributed by atoms with Gasteiger partial charge >= 0.3 is 0 Å². The van der Waals surface area contributed by atoms with E-state index in [1.54, 1.807) is 6.92 Å². The van der Waals surface area contributed by atoms with Crippen molar-refractivity contribution in [2.45, 2.75) is 32.9 Å². The summed E-state index contributed by atoms with van der Waals surface area (Å²) in [7, 11) is 0. The highest BCUT2D eigenvalue weighted by Gasteiger charge is 2.19. The monoisotopic (exact) mass is 319 g/mol. The molecule has 0 spiro atoms. The molecule has 0 radical (unpaired) electrons. The fourth-order valence-corrected chi connectivity index (χ4v) is 2.08. The number of non-ortho nitro benzene ring substituents is 1. The number of halogens is 2. The van der Waals surface area contributed by atoms with E-state index in [2.05, 4.69) is 10.6 Å². The summed E-state index contributed by atoms with van der Waals surface area (Å²) in [5.41, 5.74) is 0.0928. The SMILES string of the molecule is CC(C)NC(=O)C(C)Nc1c(Cl)cc([N+](=O)[O-])cc1Cl. The maximum absolute atomic E-state index is 11.8. The second-order valence-corrected chi connectivity index (χ2v) is 5.39. The Hall–Kier alpha value is -1.53. The number of anilines is 1. The molecule has 0 aromatic heterocycles. The minimum Gasteiger partial charge on any atom is -0.371 e. The van der Waals surface area contributed by atoms with Gasteiger partial charge in [0.25, 0.3) is 5.69 Å². The predicted molar refractivity (Wildman–Crippen MR) is 79.5 cm³/mol. The fraction of sp³-hybridized carbons (Fsp3) is 0.417. The molecule has 0 aliphatic heterocycles. The van der Waals surface area contributed by atoms with Gasteiger partial charge in [0.2, 0.25) is 5.91 Å². The van der Waals surface area contributed by atoms with Crippen molar-refractivity contribution in [3.63, 3.8) is 0 Å². The molecule has 1 aromatic carbocycles. The molecular weight excluding hydrogens is 305 g/mol. The third-order valence-electron chi connectivity index (χ3n) is 2.42. The number of nitrogens with zero attached hydrogens (tertiary/aromatic N) is 1. The molecule has 20 heavy (non-hydrogen) atoms. The predicted octanol–water partition coefficient (Wildman–Crippen LogP) is 3.23. The van der Waals surface area contributed by atoms with Crippen LogP contribution in [0.25, 0.3) is 0 Å². The number of carbonyl (C=O) groups is 1. The number of hydrogen-bond donors (Lipinski definition) is 2. The van der Waals surface area contributed by atoms with Crippen LogP contribution in [0.4, 0.5) is 11.4 Å². The Balaban J connectivity index is 2.93. The first kappa shape index (κ1) is 16.5. The molecule has 1 rings (SSSR count). The molecule has 8 heteroatoms. The van der Waals surface area contributed by atoms with Crippen LogP contribution < -0.4 is 10.6 Å². The van der Waals surface area contributed by atoms with E-state index in [0.717, 1.165) is 0 Å². The number of carbonyl (C=O) groups excluding carboxylic acids is 1. The van der Waals surface area contributed by atoms with Crippen LogP contribution >= 0.6 is 23.2 Å². The summed E-state index contributed by atoms with van der Waals surface area (Å²) < 4.78 is 0. The van der Waals surface area contributed by atoms with Crippen molar-refractivity contribution in [3.05, 3.63) is 32.3 Å². The Morgan fingerprint density at radius 2 is 1.75 bits per heavy atom. The number of nitro benzene ring substituents is 1. The van der Waals surface area contributed by atoms with Gasteiger partial charge in [0.15, 0.2) is 0 Å². The molecule has 0 saturated heterocycles. The molecular formula is C12H15Cl2N3O3. The minimum atomic E-state index is -0.587. The van der Waals surface area contributed by atoms with Crippen LogP contribution in [-0.4, -0.2) is 22.9 Å². The van der Waals surface area contributed by atoms with Gasteiger partial charge < -0.3 is 10.6 Å². The molecule has 0 aliphatic rings. The van der Waals surface area contributed by atoms with Crippen molar-refractivity contribution in [3.8, 4) is 0 Å². The third kappa shape index (κ3) is 4.25. The van der Waals surface area contributed by atoms with Crippen molar-refractivity contribution >= 4 is 40.5 Å². The Labute approximate surface area is 126 Å². The van der Waals surface area contributed by atoms with Gasteiger partial charge in [-0.2, -0.15) is 0 Å². The lowest BCUT2D eigenvalue weighted by atomic mass is 10.2. The largest absolute Gasteiger partial charge is 0.371 e. The van der Waals surface area contributed by atoms with Crippen LogP contribution in [0.1, 0.15) is 20.8 Å². The Morgan fingerprint density at radius 1 is 1.25 bits per heavy atom. The summed E-state index contributed by atoms with van der Waals surface area (Å²) in [6.45, 7) is 5.33. The second kappa shape index (κ2) is 6.76. The van der Waals surface area contributed by atoms with E-state index in [4.69, 9.17) is 23.2 Å².